The topological polar surface area (TPSA) is 77.9 Å². The molecule has 0 unspecified atom stereocenters. The molecule has 0 spiro atoms. The summed E-state index contributed by atoms with van der Waals surface area (Å²) in [5.74, 6) is -0.245. The van der Waals surface area contributed by atoms with E-state index in [0.29, 0.717) is 13.1 Å². The number of rotatable bonds is 6. The Labute approximate surface area is 119 Å². The molecule has 1 rings (SSSR count). The van der Waals surface area contributed by atoms with Crippen LogP contribution in [0.2, 0.25) is 0 Å². The van der Waals surface area contributed by atoms with Crippen molar-refractivity contribution in [3.63, 3.8) is 0 Å². The van der Waals surface area contributed by atoms with Gasteiger partial charge in [0.05, 0.1) is 11.4 Å². The Morgan fingerprint density at radius 1 is 1.15 bits per heavy atom. The fourth-order valence-corrected chi connectivity index (χ4v) is 2.87. The van der Waals surface area contributed by atoms with Crippen molar-refractivity contribution in [3.8, 4) is 5.75 Å². The summed E-state index contributed by atoms with van der Waals surface area (Å²) in [6.45, 7) is 4.57. The van der Waals surface area contributed by atoms with Gasteiger partial charge in [-0.15, -0.1) is 0 Å². The second kappa shape index (κ2) is 6.71. The summed E-state index contributed by atoms with van der Waals surface area (Å²) in [5.41, 5.74) is 0. The third-order valence-corrected chi connectivity index (χ3v) is 4.84. The molecular weight excluding hydrogens is 280 g/mol. The molecule has 6 nitrogen and oxygen atoms in total. The molecule has 0 radical (unpaired) electrons. The molecule has 112 valence electrons. The number of phenols is 1. The highest BCUT2D eigenvalue weighted by Gasteiger charge is 2.24. The van der Waals surface area contributed by atoms with Gasteiger partial charge in [0.15, 0.2) is 0 Å². The first-order valence-corrected chi connectivity index (χ1v) is 7.80. The van der Waals surface area contributed by atoms with Crippen LogP contribution in [0.1, 0.15) is 13.8 Å². The zero-order chi connectivity index (χ0) is 15.3. The summed E-state index contributed by atoms with van der Waals surface area (Å²) in [7, 11) is -2.36. The van der Waals surface area contributed by atoms with Gasteiger partial charge in [-0.3, -0.25) is 4.79 Å². The molecule has 7 heteroatoms. The predicted octanol–water partition coefficient (Wildman–Crippen LogP) is 0.881. The predicted molar refractivity (Wildman–Crippen MR) is 75.9 cm³/mol. The monoisotopic (exact) mass is 300 g/mol. The lowest BCUT2D eigenvalue weighted by Gasteiger charge is -2.22. The number of amides is 1. The Morgan fingerprint density at radius 3 is 2.10 bits per heavy atom. The van der Waals surface area contributed by atoms with E-state index in [1.807, 2.05) is 13.8 Å². The van der Waals surface area contributed by atoms with Gasteiger partial charge in [0.25, 0.3) is 0 Å². The van der Waals surface area contributed by atoms with Crippen LogP contribution in [-0.4, -0.2) is 55.3 Å². The highest BCUT2D eigenvalue weighted by atomic mass is 32.2. The average Bonchev–Trinajstić information content (AvgIpc) is 2.40. The molecule has 0 aliphatic heterocycles. The van der Waals surface area contributed by atoms with Crippen LogP contribution in [0.3, 0.4) is 0 Å². The summed E-state index contributed by atoms with van der Waals surface area (Å²) in [6.07, 6.45) is 0. The minimum Gasteiger partial charge on any atom is -0.508 e. The smallest absolute Gasteiger partial charge is 0.243 e. The van der Waals surface area contributed by atoms with E-state index in [0.717, 1.165) is 4.31 Å². The van der Waals surface area contributed by atoms with Gasteiger partial charge in [0, 0.05) is 20.1 Å². The van der Waals surface area contributed by atoms with Gasteiger partial charge in [-0.2, -0.15) is 4.31 Å². The van der Waals surface area contributed by atoms with Crippen molar-refractivity contribution in [3.05, 3.63) is 24.3 Å². The molecule has 20 heavy (non-hydrogen) atoms. The van der Waals surface area contributed by atoms with Crippen LogP contribution >= 0.6 is 0 Å². The van der Waals surface area contributed by atoms with Gasteiger partial charge in [-0.25, -0.2) is 8.42 Å². The number of likely N-dealkylation sites (N-methyl/N-ethyl adjacent to an activating group) is 2. The highest BCUT2D eigenvalue weighted by molar-refractivity contribution is 7.89. The Bertz CT molecular complexity index is 550. The molecule has 0 fully saturated rings. The van der Waals surface area contributed by atoms with Gasteiger partial charge in [-0.05, 0) is 38.1 Å². The van der Waals surface area contributed by atoms with Gasteiger partial charge in [-0.1, -0.05) is 0 Å². The third kappa shape index (κ3) is 3.71. The van der Waals surface area contributed by atoms with E-state index in [1.54, 1.807) is 4.90 Å². The molecule has 1 amide bonds. The maximum Gasteiger partial charge on any atom is 0.243 e. The average molecular weight is 300 g/mol. The van der Waals surface area contributed by atoms with Crippen molar-refractivity contribution in [2.24, 2.45) is 0 Å². The van der Waals surface area contributed by atoms with Crippen LogP contribution in [0.25, 0.3) is 0 Å². The van der Waals surface area contributed by atoms with E-state index in [4.69, 9.17) is 0 Å². The van der Waals surface area contributed by atoms with E-state index < -0.39 is 10.0 Å². The van der Waals surface area contributed by atoms with E-state index in [-0.39, 0.29) is 23.1 Å². The fraction of sp³-hybridized carbons (Fsp3) is 0.462. The Kier molecular flexibility index (Phi) is 5.52. The summed E-state index contributed by atoms with van der Waals surface area (Å²) < 4.78 is 25.5. The van der Waals surface area contributed by atoms with E-state index in [2.05, 4.69) is 0 Å². The summed E-state index contributed by atoms with van der Waals surface area (Å²) in [6, 6.07) is 5.21. The molecule has 0 saturated carbocycles. The first kappa shape index (κ1) is 16.5. The van der Waals surface area contributed by atoms with Crippen LogP contribution in [0, 0.1) is 0 Å². The molecular formula is C13H20N2O4S. The Hall–Kier alpha value is -1.60. The quantitative estimate of drug-likeness (QED) is 0.846. The number of hydrogen-bond donors (Lipinski definition) is 1. The molecule has 0 aliphatic carbocycles. The third-order valence-electron chi connectivity index (χ3n) is 3.02. The van der Waals surface area contributed by atoms with Crippen molar-refractivity contribution < 1.29 is 18.3 Å². The van der Waals surface area contributed by atoms with E-state index in [1.165, 1.54) is 31.3 Å². The highest BCUT2D eigenvalue weighted by Crippen LogP contribution is 2.17. The number of nitrogens with zero attached hydrogens (tertiary/aromatic N) is 2. The lowest BCUT2D eigenvalue weighted by atomic mass is 10.3. The molecule has 0 heterocycles. The van der Waals surface area contributed by atoms with E-state index in [9.17, 15) is 18.3 Å². The summed E-state index contributed by atoms with van der Waals surface area (Å²) in [4.78, 5) is 13.5. The largest absolute Gasteiger partial charge is 0.508 e. The van der Waals surface area contributed by atoms with Crippen LogP contribution in [0.4, 0.5) is 0 Å². The molecule has 0 saturated heterocycles. The van der Waals surface area contributed by atoms with Crippen molar-refractivity contribution >= 4 is 15.9 Å². The molecule has 1 N–H and O–H groups in total. The van der Waals surface area contributed by atoms with Crippen molar-refractivity contribution in [2.75, 3.05) is 26.7 Å². The van der Waals surface area contributed by atoms with E-state index >= 15 is 0 Å². The second-order valence-electron chi connectivity index (χ2n) is 4.32. The van der Waals surface area contributed by atoms with Crippen molar-refractivity contribution in [1.29, 1.82) is 0 Å². The molecule has 0 aliphatic rings. The number of hydrogen-bond acceptors (Lipinski definition) is 4. The molecule has 0 atom stereocenters. The lowest BCUT2D eigenvalue weighted by molar-refractivity contribution is -0.130. The maximum atomic E-state index is 12.3. The first-order valence-electron chi connectivity index (χ1n) is 6.36. The van der Waals surface area contributed by atoms with Crippen molar-refractivity contribution in [1.82, 2.24) is 9.21 Å². The molecule has 1 aromatic carbocycles. The van der Waals surface area contributed by atoms with Crippen LogP contribution < -0.4 is 0 Å². The summed E-state index contributed by atoms with van der Waals surface area (Å²) in [5, 5.41) is 9.17. The number of phenolic OH excluding ortho intramolecular Hbond substituents is 1. The number of aromatic hydroxyl groups is 1. The zero-order valence-corrected chi connectivity index (χ0v) is 12.7. The molecule has 0 bridgehead atoms. The normalized spacial score (nSPS) is 11.6. The molecule has 0 aromatic heterocycles. The first-order chi connectivity index (χ1) is 9.32. The number of carbonyl (C=O) groups is 1. The summed E-state index contributed by atoms with van der Waals surface area (Å²) >= 11 is 0. The minimum atomic E-state index is -3.73. The number of carbonyl (C=O) groups excluding carboxylic acids is 1. The maximum absolute atomic E-state index is 12.3. The Morgan fingerprint density at radius 2 is 1.65 bits per heavy atom. The van der Waals surface area contributed by atoms with Crippen LogP contribution in [0.5, 0.6) is 5.75 Å². The SMILES string of the molecule is CCN(CC)C(=O)CN(C)S(=O)(=O)c1ccc(O)cc1. The minimum absolute atomic E-state index is 0.00850. The van der Waals surface area contributed by atoms with Crippen LogP contribution in [-0.2, 0) is 14.8 Å². The van der Waals surface area contributed by atoms with Gasteiger partial charge in [0.2, 0.25) is 15.9 Å². The van der Waals surface area contributed by atoms with Gasteiger partial charge < -0.3 is 10.0 Å². The number of sulfonamides is 1. The van der Waals surface area contributed by atoms with Crippen LogP contribution in [0.15, 0.2) is 29.2 Å². The Balaban J connectivity index is 2.87. The fourth-order valence-electron chi connectivity index (χ4n) is 1.75. The van der Waals surface area contributed by atoms with Gasteiger partial charge >= 0.3 is 0 Å². The molecule has 1 aromatic rings. The standard InChI is InChI=1S/C13H20N2O4S/c1-4-15(5-2)13(17)10-14(3)20(18,19)12-8-6-11(16)7-9-12/h6-9,16H,4-5,10H2,1-3H3. The lowest BCUT2D eigenvalue weighted by Crippen LogP contribution is -2.40. The van der Waals surface area contributed by atoms with Crippen molar-refractivity contribution in [2.45, 2.75) is 18.7 Å². The number of benzene rings is 1. The van der Waals surface area contributed by atoms with Gasteiger partial charge in [0.1, 0.15) is 5.75 Å². The zero-order valence-electron chi connectivity index (χ0n) is 11.9. The second-order valence-corrected chi connectivity index (χ2v) is 6.37.